The summed E-state index contributed by atoms with van der Waals surface area (Å²) in [6.07, 6.45) is 0. The second-order valence-corrected chi connectivity index (χ2v) is 8.63. The summed E-state index contributed by atoms with van der Waals surface area (Å²) in [5, 5.41) is 0. The van der Waals surface area contributed by atoms with Gasteiger partial charge in [-0.1, -0.05) is 0 Å². The quantitative estimate of drug-likeness (QED) is 0.669. The molecule has 0 saturated carbocycles. The van der Waals surface area contributed by atoms with Crippen LogP contribution in [0.1, 0.15) is 20.8 Å². The van der Waals surface area contributed by atoms with E-state index < -0.39 is 17.8 Å². The molecule has 0 aliphatic carbocycles. The van der Waals surface area contributed by atoms with Gasteiger partial charge in [0.1, 0.15) is 0 Å². The molecule has 3 nitrogen and oxygen atoms in total. The Morgan fingerprint density at radius 2 is 1.25 bits per heavy atom. The van der Waals surface area contributed by atoms with Gasteiger partial charge in [-0.05, 0) is 0 Å². The third kappa shape index (κ3) is 4.01. The second-order valence-electron chi connectivity index (χ2n) is 4.03. The third-order valence-corrected chi connectivity index (χ3v) is 6.93. The van der Waals surface area contributed by atoms with Crippen molar-refractivity contribution in [3.63, 3.8) is 0 Å². The summed E-state index contributed by atoms with van der Waals surface area (Å²) in [6, 6.07) is 0. The Morgan fingerprint density at radius 1 is 0.917 bits per heavy atom. The first-order chi connectivity index (χ1) is 5.39. The predicted molar refractivity (Wildman–Crippen MR) is 45.3 cm³/mol. The van der Waals surface area contributed by atoms with Gasteiger partial charge in [0.05, 0.1) is 0 Å². The molecule has 0 aromatic heterocycles. The molecule has 0 aromatic carbocycles. The van der Waals surface area contributed by atoms with Gasteiger partial charge in [0.2, 0.25) is 0 Å². The summed E-state index contributed by atoms with van der Waals surface area (Å²) in [6.45, 7) is 6.47. The molecule has 0 bridgehead atoms. The van der Waals surface area contributed by atoms with Crippen LogP contribution >= 0.6 is 0 Å². The molecule has 0 rings (SSSR count). The average Bonchev–Trinajstić information content (AvgIpc) is 1.99. The van der Waals surface area contributed by atoms with Crippen molar-refractivity contribution in [3.05, 3.63) is 0 Å². The summed E-state index contributed by atoms with van der Waals surface area (Å²) in [7, 11) is 5.00. The average molecular weight is 212 g/mol. The van der Waals surface area contributed by atoms with E-state index >= 15 is 0 Å². The first-order valence-electron chi connectivity index (χ1n) is 4.04. The maximum atomic E-state index is 5.36. The van der Waals surface area contributed by atoms with Crippen molar-refractivity contribution in [2.24, 2.45) is 5.41 Å². The van der Waals surface area contributed by atoms with Gasteiger partial charge in [0.15, 0.2) is 0 Å². The molecule has 74 valence electrons. The van der Waals surface area contributed by atoms with Crippen LogP contribution in [0.25, 0.3) is 0 Å². The van der Waals surface area contributed by atoms with Crippen molar-refractivity contribution in [2.45, 2.75) is 25.5 Å². The first-order valence-corrected chi connectivity index (χ1v) is 7.06. The van der Waals surface area contributed by atoms with Crippen molar-refractivity contribution in [1.82, 2.24) is 0 Å². The van der Waals surface area contributed by atoms with Crippen LogP contribution in [0, 0.1) is 5.41 Å². The van der Waals surface area contributed by atoms with E-state index in [1.54, 1.807) is 21.3 Å². The summed E-state index contributed by atoms with van der Waals surface area (Å²) < 4.78 is 17.0. The zero-order valence-corrected chi connectivity index (χ0v) is 10.5. The van der Waals surface area contributed by atoms with Crippen LogP contribution in [0.2, 0.25) is 4.73 Å². The zero-order valence-electron chi connectivity index (χ0n) is 8.93. The van der Waals surface area contributed by atoms with E-state index in [0.717, 1.165) is 4.73 Å². The first kappa shape index (κ1) is 12.6. The van der Waals surface area contributed by atoms with Crippen LogP contribution < -0.4 is 0 Å². The molecule has 0 N–H and O–H groups in total. The number of hydrogen-bond acceptors (Lipinski definition) is 3. The van der Waals surface area contributed by atoms with E-state index in [1.165, 1.54) is 0 Å². The fraction of sp³-hybridized carbons (Fsp3) is 1.00. The summed E-state index contributed by atoms with van der Waals surface area (Å²) in [5.41, 5.74) is 0.196. The molecule has 0 unspecified atom stereocenters. The van der Waals surface area contributed by atoms with Crippen molar-refractivity contribution >= 4 is 0 Å². The van der Waals surface area contributed by atoms with Gasteiger partial charge in [-0.3, -0.25) is 0 Å². The summed E-state index contributed by atoms with van der Waals surface area (Å²) in [5.74, 6) is 0. The molecule has 0 radical (unpaired) electrons. The van der Waals surface area contributed by atoms with E-state index in [1.807, 2.05) is 0 Å². The minimum atomic E-state index is -2.86. The molecule has 0 spiro atoms. The number of rotatable bonds is 4. The Morgan fingerprint density at radius 3 is 1.33 bits per heavy atom. The molecule has 0 aliphatic rings. The minimum absolute atomic E-state index is 0.196. The normalized spacial score (nSPS) is 13.5. The van der Waals surface area contributed by atoms with Gasteiger partial charge in [-0.2, -0.15) is 0 Å². The van der Waals surface area contributed by atoms with E-state index in [4.69, 9.17) is 9.96 Å². The van der Waals surface area contributed by atoms with Crippen molar-refractivity contribution in [3.8, 4) is 0 Å². The molecule has 12 heavy (non-hydrogen) atoms. The van der Waals surface area contributed by atoms with Gasteiger partial charge in [0, 0.05) is 0 Å². The fourth-order valence-corrected chi connectivity index (χ4v) is 4.60. The molecular weight excluding hydrogens is 192 g/mol. The van der Waals surface area contributed by atoms with E-state index in [2.05, 4.69) is 20.8 Å². The Labute approximate surface area is 80.2 Å². The molecule has 4 heteroatoms. The van der Waals surface area contributed by atoms with Crippen LogP contribution in [0.5, 0.6) is 0 Å². The summed E-state index contributed by atoms with van der Waals surface area (Å²) >= 11 is -2.86. The van der Waals surface area contributed by atoms with E-state index in [-0.39, 0.29) is 5.41 Å². The molecule has 0 atom stereocenters. The van der Waals surface area contributed by atoms with Crippen LogP contribution in [0.15, 0.2) is 0 Å². The number of hydrogen-bond donors (Lipinski definition) is 0. The topological polar surface area (TPSA) is 27.7 Å². The van der Waals surface area contributed by atoms with E-state index in [0.29, 0.717) is 0 Å². The van der Waals surface area contributed by atoms with Gasteiger partial charge in [-0.15, -0.1) is 0 Å². The molecule has 0 heterocycles. The van der Waals surface area contributed by atoms with Gasteiger partial charge >= 0.3 is 79.9 Å². The van der Waals surface area contributed by atoms with Gasteiger partial charge in [0.25, 0.3) is 0 Å². The Balaban J connectivity index is 4.30. The Bertz CT molecular complexity index is 118. The Kier molecular flexibility index (Phi) is 4.96. The SMILES string of the molecule is C[O][Ti]([CH2]C(C)(C)C)([O]C)[O]C. The molecule has 0 saturated heterocycles. The van der Waals surface area contributed by atoms with Crippen LogP contribution in [0.3, 0.4) is 0 Å². The van der Waals surface area contributed by atoms with Crippen LogP contribution in [-0.2, 0) is 27.7 Å². The summed E-state index contributed by atoms with van der Waals surface area (Å²) in [4.78, 5) is 0. The van der Waals surface area contributed by atoms with Crippen molar-refractivity contribution in [2.75, 3.05) is 21.3 Å². The monoisotopic (exact) mass is 212 g/mol. The van der Waals surface area contributed by atoms with Gasteiger partial charge in [-0.25, -0.2) is 0 Å². The maximum absolute atomic E-state index is 5.36. The van der Waals surface area contributed by atoms with Crippen molar-refractivity contribution in [1.29, 1.82) is 0 Å². The molecular formula is C8H20O3Ti. The molecule has 0 fully saturated rings. The zero-order chi connectivity index (χ0) is 9.83. The molecule has 0 amide bonds. The van der Waals surface area contributed by atoms with Crippen LogP contribution in [-0.4, -0.2) is 21.3 Å². The molecule has 0 aliphatic heterocycles. The standard InChI is InChI=1S/C5H11.3CH3O.Ti/c1-5(2,3)4;3*1-2;/h1H2,2-4H3;3*1H3;/q;3*-1;+3. The fourth-order valence-electron chi connectivity index (χ4n) is 1.12. The van der Waals surface area contributed by atoms with Gasteiger partial charge < -0.3 is 0 Å². The van der Waals surface area contributed by atoms with E-state index in [9.17, 15) is 0 Å². The van der Waals surface area contributed by atoms with Crippen LogP contribution in [0.4, 0.5) is 0 Å². The molecule has 0 aromatic rings. The predicted octanol–water partition coefficient (Wildman–Crippen LogP) is 2.29. The second kappa shape index (κ2) is 4.73. The van der Waals surface area contributed by atoms with Crippen molar-refractivity contribution < 1.29 is 27.7 Å². The Hall–Kier alpha value is 0.594. The third-order valence-electron chi connectivity index (χ3n) is 1.68.